The minimum absolute atomic E-state index is 0.573. The van der Waals surface area contributed by atoms with Crippen LogP contribution in [0.4, 0.5) is 0 Å². The third-order valence-electron chi connectivity index (χ3n) is 14.0. The van der Waals surface area contributed by atoms with Gasteiger partial charge in [-0.1, -0.05) is 182 Å². The van der Waals surface area contributed by atoms with Crippen LogP contribution in [-0.2, 0) is 0 Å². The number of fused-ring (bicyclic) bond motifs is 7. The lowest BCUT2D eigenvalue weighted by Gasteiger charge is -2.13. The first-order valence-electron chi connectivity index (χ1n) is 24.3. The standard InChI is InChI=1S/C67H42N4O/c1-4-16-43(17-5-1)52-37-53(44-18-6-2-7-19-44)39-54(38-52)47-24-14-25-51(36-47)66-68-65(46-21-8-3-9-22-46)69-67(70-66)57-27-15-29-63-64(57)59-42-50(32-35-62(59)72-63)49-31-34-61-58(41-49)56-26-12-13-28-60(56)71(61)55-33-30-45-20-10-11-23-48(45)40-55/h1-42H. The molecular formula is C67H42N4O. The first kappa shape index (κ1) is 41.3. The number of para-hydroxylation sites is 1. The molecule has 0 aliphatic heterocycles. The van der Waals surface area contributed by atoms with Gasteiger partial charge in [0.05, 0.1) is 11.0 Å². The maximum atomic E-state index is 6.62. The molecule has 5 nitrogen and oxygen atoms in total. The van der Waals surface area contributed by atoms with Crippen LogP contribution < -0.4 is 0 Å². The fourth-order valence-electron chi connectivity index (χ4n) is 10.5. The van der Waals surface area contributed by atoms with Gasteiger partial charge in [-0.2, -0.15) is 0 Å². The molecule has 0 aliphatic carbocycles. The van der Waals surface area contributed by atoms with Crippen LogP contribution in [0.25, 0.3) is 139 Å². The smallest absolute Gasteiger partial charge is 0.164 e. The van der Waals surface area contributed by atoms with Gasteiger partial charge in [0.25, 0.3) is 0 Å². The zero-order chi connectivity index (χ0) is 47.5. The summed E-state index contributed by atoms with van der Waals surface area (Å²) in [4.78, 5) is 15.7. The maximum absolute atomic E-state index is 6.62. The molecule has 0 amide bonds. The average Bonchev–Trinajstić information content (AvgIpc) is 4.01. The summed E-state index contributed by atoms with van der Waals surface area (Å²) in [5.41, 5.74) is 16.7. The largest absolute Gasteiger partial charge is 0.456 e. The molecule has 3 aromatic heterocycles. The van der Waals surface area contributed by atoms with Gasteiger partial charge in [0.15, 0.2) is 17.5 Å². The van der Waals surface area contributed by atoms with Gasteiger partial charge < -0.3 is 8.98 Å². The fraction of sp³-hybridized carbons (Fsp3) is 0. The Morgan fingerprint density at radius 3 is 1.56 bits per heavy atom. The van der Waals surface area contributed by atoms with Crippen molar-refractivity contribution in [1.82, 2.24) is 19.5 Å². The zero-order valence-electron chi connectivity index (χ0n) is 38.9. The Morgan fingerprint density at radius 1 is 0.278 bits per heavy atom. The van der Waals surface area contributed by atoms with Crippen LogP contribution in [0.3, 0.4) is 0 Å². The molecule has 14 aromatic rings. The predicted octanol–water partition coefficient (Wildman–Crippen LogP) is 17.7. The highest BCUT2D eigenvalue weighted by molar-refractivity contribution is 6.14. The number of benzene rings is 11. The van der Waals surface area contributed by atoms with Gasteiger partial charge in [-0.3, -0.25) is 0 Å². The Bertz CT molecular complexity index is 4330. The molecule has 0 spiro atoms. The third kappa shape index (κ3) is 7.22. The highest BCUT2D eigenvalue weighted by Gasteiger charge is 2.20. The molecule has 5 heteroatoms. The van der Waals surface area contributed by atoms with E-state index in [1.54, 1.807) is 0 Å². The van der Waals surface area contributed by atoms with Crippen molar-refractivity contribution in [3.63, 3.8) is 0 Å². The van der Waals surface area contributed by atoms with E-state index in [0.717, 1.165) is 94.3 Å². The summed E-state index contributed by atoms with van der Waals surface area (Å²) in [5.74, 6) is 1.76. The Kier molecular flexibility index (Phi) is 9.78. The van der Waals surface area contributed by atoms with E-state index < -0.39 is 0 Å². The van der Waals surface area contributed by atoms with Crippen LogP contribution in [0.1, 0.15) is 0 Å². The molecule has 0 saturated carbocycles. The minimum Gasteiger partial charge on any atom is -0.456 e. The van der Waals surface area contributed by atoms with E-state index in [1.807, 2.05) is 30.3 Å². The second-order valence-corrected chi connectivity index (χ2v) is 18.4. The molecule has 0 N–H and O–H groups in total. The molecular weight excluding hydrogens is 877 g/mol. The SMILES string of the molecule is c1ccc(-c2cc(-c3ccccc3)cc(-c3cccc(-c4nc(-c5ccccc5)nc(-c5cccc6oc7ccc(-c8ccc9c(c8)c8ccccc8n9-c8ccc9ccccc9c8)cc7c56)n4)c3)c2)cc1. The van der Waals surface area contributed by atoms with Gasteiger partial charge in [0, 0.05) is 43.9 Å². The second kappa shape index (κ2) is 17.1. The van der Waals surface area contributed by atoms with E-state index in [2.05, 4.69) is 229 Å². The molecule has 0 saturated heterocycles. The van der Waals surface area contributed by atoms with Crippen molar-refractivity contribution in [3.8, 4) is 84.4 Å². The van der Waals surface area contributed by atoms with Crippen molar-refractivity contribution < 1.29 is 4.42 Å². The van der Waals surface area contributed by atoms with Gasteiger partial charge in [-0.05, 0) is 128 Å². The molecule has 14 rings (SSSR count). The lowest BCUT2D eigenvalue weighted by molar-refractivity contribution is 0.669. The Morgan fingerprint density at radius 2 is 0.806 bits per heavy atom. The van der Waals surface area contributed by atoms with E-state index in [1.165, 1.54) is 27.1 Å². The molecule has 3 heterocycles. The normalized spacial score (nSPS) is 11.6. The summed E-state index contributed by atoms with van der Waals surface area (Å²) < 4.78 is 9.00. The monoisotopic (exact) mass is 918 g/mol. The van der Waals surface area contributed by atoms with Gasteiger partial charge in [-0.15, -0.1) is 0 Å². The molecule has 0 fully saturated rings. The van der Waals surface area contributed by atoms with Crippen molar-refractivity contribution in [2.45, 2.75) is 0 Å². The number of aromatic nitrogens is 4. The van der Waals surface area contributed by atoms with Crippen molar-refractivity contribution in [2.24, 2.45) is 0 Å². The van der Waals surface area contributed by atoms with Gasteiger partial charge in [0.1, 0.15) is 11.2 Å². The van der Waals surface area contributed by atoms with Gasteiger partial charge in [0.2, 0.25) is 0 Å². The van der Waals surface area contributed by atoms with Crippen LogP contribution in [0.2, 0.25) is 0 Å². The number of hydrogen-bond acceptors (Lipinski definition) is 4. The quantitative estimate of drug-likeness (QED) is 0.152. The van der Waals surface area contributed by atoms with Gasteiger partial charge >= 0.3 is 0 Å². The highest BCUT2D eigenvalue weighted by atomic mass is 16.3. The Labute approximate surface area is 415 Å². The molecule has 0 aliphatic rings. The van der Waals surface area contributed by atoms with E-state index in [9.17, 15) is 0 Å². The first-order valence-corrected chi connectivity index (χ1v) is 24.3. The summed E-state index contributed by atoms with van der Waals surface area (Å²) in [5, 5.41) is 6.81. The third-order valence-corrected chi connectivity index (χ3v) is 14.0. The van der Waals surface area contributed by atoms with Crippen molar-refractivity contribution in [1.29, 1.82) is 0 Å². The molecule has 0 radical (unpaired) electrons. The first-order chi connectivity index (χ1) is 35.6. The topological polar surface area (TPSA) is 56.7 Å². The summed E-state index contributed by atoms with van der Waals surface area (Å²) in [6, 6.07) is 90.1. The van der Waals surface area contributed by atoms with E-state index in [-0.39, 0.29) is 0 Å². The number of rotatable bonds is 8. The van der Waals surface area contributed by atoms with Crippen LogP contribution >= 0.6 is 0 Å². The number of hydrogen-bond donors (Lipinski definition) is 0. The number of nitrogens with zero attached hydrogens (tertiary/aromatic N) is 4. The molecule has 0 atom stereocenters. The van der Waals surface area contributed by atoms with E-state index in [4.69, 9.17) is 19.4 Å². The summed E-state index contributed by atoms with van der Waals surface area (Å²) in [6.45, 7) is 0. The highest BCUT2D eigenvalue weighted by Crippen LogP contribution is 2.41. The summed E-state index contributed by atoms with van der Waals surface area (Å²) in [6.07, 6.45) is 0. The molecule has 0 unspecified atom stereocenters. The maximum Gasteiger partial charge on any atom is 0.164 e. The van der Waals surface area contributed by atoms with E-state index >= 15 is 0 Å². The molecule has 72 heavy (non-hydrogen) atoms. The van der Waals surface area contributed by atoms with Crippen LogP contribution in [0.15, 0.2) is 259 Å². The van der Waals surface area contributed by atoms with Crippen molar-refractivity contribution >= 4 is 54.5 Å². The van der Waals surface area contributed by atoms with Crippen LogP contribution in [0, 0.1) is 0 Å². The Balaban J connectivity index is 0.898. The predicted molar refractivity (Wildman–Crippen MR) is 297 cm³/mol. The van der Waals surface area contributed by atoms with E-state index in [0.29, 0.717) is 17.5 Å². The molecule has 11 aromatic carbocycles. The number of furan rings is 1. The molecule has 0 bridgehead atoms. The lowest BCUT2D eigenvalue weighted by Crippen LogP contribution is -2.00. The minimum atomic E-state index is 0.573. The average molecular weight is 919 g/mol. The molecule has 336 valence electrons. The fourth-order valence-corrected chi connectivity index (χ4v) is 10.5. The Hall–Kier alpha value is -9.71. The zero-order valence-corrected chi connectivity index (χ0v) is 38.9. The van der Waals surface area contributed by atoms with Crippen molar-refractivity contribution in [2.75, 3.05) is 0 Å². The van der Waals surface area contributed by atoms with Gasteiger partial charge in [-0.25, -0.2) is 15.0 Å². The second-order valence-electron chi connectivity index (χ2n) is 18.4. The summed E-state index contributed by atoms with van der Waals surface area (Å²) in [7, 11) is 0. The summed E-state index contributed by atoms with van der Waals surface area (Å²) >= 11 is 0. The van der Waals surface area contributed by atoms with Crippen molar-refractivity contribution in [3.05, 3.63) is 255 Å². The van der Waals surface area contributed by atoms with Crippen LogP contribution in [-0.4, -0.2) is 19.5 Å². The van der Waals surface area contributed by atoms with Crippen LogP contribution in [0.5, 0.6) is 0 Å². The lowest BCUT2D eigenvalue weighted by atomic mass is 9.93.